The molecule has 0 aliphatic carbocycles. The molecule has 0 aliphatic rings. The summed E-state index contributed by atoms with van der Waals surface area (Å²) in [5, 5.41) is 0.844. The van der Waals surface area contributed by atoms with Crippen LogP contribution < -0.4 is 10.3 Å². The van der Waals surface area contributed by atoms with E-state index < -0.39 is 5.82 Å². The van der Waals surface area contributed by atoms with Crippen LogP contribution in [0, 0.1) is 12.7 Å². The average molecular weight is 479 g/mol. The van der Waals surface area contributed by atoms with E-state index in [1.807, 2.05) is 19.1 Å². The third kappa shape index (κ3) is 4.94. The van der Waals surface area contributed by atoms with Gasteiger partial charge >= 0.3 is 0 Å². The van der Waals surface area contributed by atoms with Gasteiger partial charge in [0.2, 0.25) is 5.91 Å². The molecule has 174 valence electrons. The lowest BCUT2D eigenvalue weighted by atomic mass is 10.2. The van der Waals surface area contributed by atoms with Crippen LogP contribution in [0.2, 0.25) is 0 Å². The van der Waals surface area contributed by atoms with Gasteiger partial charge in [0.1, 0.15) is 5.82 Å². The Morgan fingerprint density at radius 2 is 1.97 bits per heavy atom. The lowest BCUT2D eigenvalue weighted by Gasteiger charge is -2.18. The first-order chi connectivity index (χ1) is 16.4. The van der Waals surface area contributed by atoms with E-state index in [2.05, 4.69) is 9.97 Å². The van der Waals surface area contributed by atoms with Crippen LogP contribution in [-0.2, 0) is 11.3 Å². The predicted molar refractivity (Wildman–Crippen MR) is 130 cm³/mol. The molecule has 0 N–H and O–H groups in total. The van der Waals surface area contributed by atoms with E-state index in [0.717, 1.165) is 17.3 Å². The van der Waals surface area contributed by atoms with Crippen molar-refractivity contribution >= 4 is 28.6 Å². The van der Waals surface area contributed by atoms with Crippen LogP contribution in [0.1, 0.15) is 11.1 Å². The lowest BCUT2D eigenvalue weighted by molar-refractivity contribution is -0.127. The van der Waals surface area contributed by atoms with Gasteiger partial charge in [-0.2, -0.15) is 0 Å². The van der Waals surface area contributed by atoms with Crippen LogP contribution in [-0.4, -0.2) is 45.3 Å². The third-order valence-electron chi connectivity index (χ3n) is 5.26. The first-order valence-corrected chi connectivity index (χ1v) is 11.5. The molecule has 2 aromatic heterocycles. The van der Waals surface area contributed by atoms with Gasteiger partial charge in [-0.05, 0) is 48.4 Å². The van der Waals surface area contributed by atoms with Crippen molar-refractivity contribution in [3.8, 4) is 11.6 Å². The van der Waals surface area contributed by atoms with Crippen LogP contribution in [0.25, 0.3) is 16.7 Å². The number of halogens is 1. The Labute approximate surface area is 200 Å². The zero-order valence-electron chi connectivity index (χ0n) is 19.0. The number of pyridine rings is 1. The van der Waals surface area contributed by atoms with E-state index in [0.29, 0.717) is 27.4 Å². The highest BCUT2D eigenvalue weighted by atomic mass is 32.2. The van der Waals surface area contributed by atoms with Gasteiger partial charge < -0.3 is 9.64 Å². The minimum atomic E-state index is -0.481. The molecule has 2 heterocycles. The maximum absolute atomic E-state index is 14.0. The summed E-state index contributed by atoms with van der Waals surface area (Å²) in [4.78, 5) is 36.6. The summed E-state index contributed by atoms with van der Waals surface area (Å²) in [7, 11) is 3.05. The molecule has 0 saturated carbocycles. The van der Waals surface area contributed by atoms with Crippen LogP contribution in [0.4, 0.5) is 4.39 Å². The standard InChI is InChI=1S/C25H23FN4O3S/c1-16-8-11-22(27-13-16)30-24(32)18-6-4-5-7-20(18)28-25(30)34-15-23(31)29(2)14-17-9-10-21(33-3)19(26)12-17/h4-13H,14-15H2,1-3H3. The fourth-order valence-corrected chi connectivity index (χ4v) is 4.35. The van der Waals surface area contributed by atoms with E-state index in [9.17, 15) is 14.0 Å². The number of aromatic nitrogens is 3. The zero-order chi connectivity index (χ0) is 24.2. The molecule has 0 fully saturated rings. The topological polar surface area (TPSA) is 77.3 Å². The van der Waals surface area contributed by atoms with Crippen LogP contribution in [0.15, 0.2) is 70.7 Å². The van der Waals surface area contributed by atoms with Gasteiger partial charge in [-0.1, -0.05) is 36.0 Å². The molecule has 7 nitrogen and oxygen atoms in total. The monoisotopic (exact) mass is 478 g/mol. The second kappa shape index (κ2) is 10.0. The van der Waals surface area contributed by atoms with Crippen molar-refractivity contribution in [2.45, 2.75) is 18.6 Å². The number of amides is 1. The predicted octanol–water partition coefficient (Wildman–Crippen LogP) is 3.99. The third-order valence-corrected chi connectivity index (χ3v) is 6.18. The largest absolute Gasteiger partial charge is 0.494 e. The number of aryl methyl sites for hydroxylation is 1. The quantitative estimate of drug-likeness (QED) is 0.295. The maximum Gasteiger partial charge on any atom is 0.267 e. The number of thioether (sulfide) groups is 1. The Balaban J connectivity index is 1.58. The first kappa shape index (κ1) is 23.4. The Morgan fingerprint density at radius 1 is 1.18 bits per heavy atom. The van der Waals surface area contributed by atoms with Gasteiger partial charge in [-0.15, -0.1) is 0 Å². The molecule has 2 aromatic carbocycles. The molecule has 0 radical (unpaired) electrons. The zero-order valence-corrected chi connectivity index (χ0v) is 19.8. The van der Waals surface area contributed by atoms with Crippen LogP contribution in [0.3, 0.4) is 0 Å². The van der Waals surface area contributed by atoms with Crippen molar-refractivity contribution in [3.63, 3.8) is 0 Å². The summed E-state index contributed by atoms with van der Waals surface area (Å²) < 4.78 is 20.4. The summed E-state index contributed by atoms with van der Waals surface area (Å²) >= 11 is 1.16. The van der Waals surface area contributed by atoms with Crippen LogP contribution >= 0.6 is 11.8 Å². The first-order valence-electron chi connectivity index (χ1n) is 10.5. The number of hydrogen-bond donors (Lipinski definition) is 0. The van der Waals surface area contributed by atoms with Gasteiger partial charge in [0.25, 0.3) is 5.56 Å². The highest BCUT2D eigenvalue weighted by molar-refractivity contribution is 7.99. The molecule has 4 rings (SSSR count). The molecule has 34 heavy (non-hydrogen) atoms. The molecule has 4 aromatic rings. The van der Waals surface area contributed by atoms with Crippen molar-refractivity contribution in [2.24, 2.45) is 0 Å². The molecule has 0 unspecified atom stereocenters. The Morgan fingerprint density at radius 3 is 2.68 bits per heavy atom. The van der Waals surface area contributed by atoms with Crippen molar-refractivity contribution < 1.29 is 13.9 Å². The molecule has 9 heteroatoms. The normalized spacial score (nSPS) is 10.9. The number of carbonyl (C=O) groups is 1. The van der Waals surface area contributed by atoms with E-state index in [1.165, 1.54) is 28.7 Å². The second-order valence-electron chi connectivity index (χ2n) is 7.75. The Hall–Kier alpha value is -3.72. The smallest absolute Gasteiger partial charge is 0.267 e. The van der Waals surface area contributed by atoms with Crippen LogP contribution in [0.5, 0.6) is 5.75 Å². The molecule has 0 bridgehead atoms. The second-order valence-corrected chi connectivity index (χ2v) is 8.70. The fraction of sp³-hybridized carbons (Fsp3) is 0.200. The van der Waals surface area contributed by atoms with Gasteiger partial charge in [-0.25, -0.2) is 18.9 Å². The Bertz CT molecular complexity index is 1410. The molecule has 0 atom stereocenters. The van der Waals surface area contributed by atoms with Gasteiger partial charge in [0, 0.05) is 19.8 Å². The minimum Gasteiger partial charge on any atom is -0.494 e. The number of carbonyl (C=O) groups excluding carboxylic acids is 1. The van der Waals surface area contributed by atoms with E-state index in [1.54, 1.807) is 43.6 Å². The number of benzene rings is 2. The highest BCUT2D eigenvalue weighted by Crippen LogP contribution is 2.22. The summed E-state index contributed by atoms with van der Waals surface area (Å²) in [6.45, 7) is 2.15. The van der Waals surface area contributed by atoms with Gasteiger partial charge in [0.05, 0.1) is 23.8 Å². The fourth-order valence-electron chi connectivity index (χ4n) is 3.41. The molecule has 0 aliphatic heterocycles. The SMILES string of the molecule is COc1ccc(CN(C)C(=O)CSc2nc3ccccc3c(=O)n2-c2ccc(C)cn2)cc1F. The number of nitrogens with zero attached hydrogens (tertiary/aromatic N) is 4. The lowest BCUT2D eigenvalue weighted by Crippen LogP contribution is -2.28. The molecular weight excluding hydrogens is 455 g/mol. The summed E-state index contributed by atoms with van der Waals surface area (Å²) in [6.07, 6.45) is 1.68. The van der Waals surface area contributed by atoms with Crippen molar-refractivity contribution in [1.29, 1.82) is 0 Å². The van der Waals surface area contributed by atoms with Gasteiger partial charge in [0.15, 0.2) is 16.7 Å². The van der Waals surface area contributed by atoms with Crippen molar-refractivity contribution in [1.82, 2.24) is 19.4 Å². The maximum atomic E-state index is 14.0. The number of hydrogen-bond acceptors (Lipinski definition) is 6. The Kier molecular flexibility index (Phi) is 6.93. The van der Waals surface area contributed by atoms with Crippen molar-refractivity contribution in [3.05, 3.63) is 88.1 Å². The number of fused-ring (bicyclic) bond motifs is 1. The van der Waals surface area contributed by atoms with Crippen molar-refractivity contribution in [2.75, 3.05) is 19.9 Å². The highest BCUT2D eigenvalue weighted by Gasteiger charge is 2.17. The summed E-state index contributed by atoms with van der Waals surface area (Å²) in [5.41, 5.74) is 1.90. The number of para-hydroxylation sites is 1. The average Bonchev–Trinajstić information content (AvgIpc) is 2.83. The molecule has 0 spiro atoms. The minimum absolute atomic E-state index is 0.0474. The molecule has 1 amide bonds. The number of methoxy groups -OCH3 is 1. The summed E-state index contributed by atoms with van der Waals surface area (Å²) in [5.74, 6) is -0.0346. The van der Waals surface area contributed by atoms with E-state index >= 15 is 0 Å². The summed E-state index contributed by atoms with van der Waals surface area (Å²) in [6, 6.07) is 15.3. The number of rotatable bonds is 7. The van der Waals surface area contributed by atoms with E-state index in [-0.39, 0.29) is 29.5 Å². The molecule has 0 saturated heterocycles. The number of ether oxygens (including phenoxy) is 1. The van der Waals surface area contributed by atoms with E-state index in [4.69, 9.17) is 4.74 Å². The van der Waals surface area contributed by atoms with Gasteiger partial charge in [-0.3, -0.25) is 9.59 Å². The molecular formula is C25H23FN4O3S.